The van der Waals surface area contributed by atoms with E-state index < -0.39 is 12.2 Å². The molecule has 1 aliphatic rings. The molecule has 2 heterocycles. The van der Waals surface area contributed by atoms with Crippen molar-refractivity contribution in [2.75, 3.05) is 26.3 Å². The molecule has 2 atom stereocenters. The topological polar surface area (TPSA) is 87.8 Å². The number of morpholine rings is 1. The Morgan fingerprint density at radius 1 is 1.00 bits per heavy atom. The molecule has 0 radical (unpaired) electrons. The number of aromatic nitrogens is 2. The van der Waals surface area contributed by atoms with E-state index in [1.807, 2.05) is 54.6 Å². The zero-order chi connectivity index (χ0) is 20.2. The van der Waals surface area contributed by atoms with Gasteiger partial charge in [0, 0.05) is 31.6 Å². The Kier molecular flexibility index (Phi) is 5.89. The molecule has 3 aromatic rings. The van der Waals surface area contributed by atoms with Gasteiger partial charge in [-0.3, -0.25) is 9.36 Å². The SMILES string of the molecule is O=C(CCc1nc2ccccc2n1-c1ccccc1)N1C[C@@H](CO)O[C@@H](CO)C1. The highest BCUT2D eigenvalue weighted by molar-refractivity contribution is 5.79. The molecule has 2 aromatic carbocycles. The molecule has 0 spiro atoms. The van der Waals surface area contributed by atoms with Gasteiger partial charge in [0.1, 0.15) is 5.82 Å². The molecule has 1 aromatic heterocycles. The van der Waals surface area contributed by atoms with Gasteiger partial charge in [-0.2, -0.15) is 0 Å². The van der Waals surface area contributed by atoms with Gasteiger partial charge >= 0.3 is 0 Å². The Morgan fingerprint density at radius 2 is 1.66 bits per heavy atom. The van der Waals surface area contributed by atoms with Gasteiger partial charge in [0.05, 0.1) is 36.5 Å². The maximum absolute atomic E-state index is 12.8. The Balaban J connectivity index is 1.55. The summed E-state index contributed by atoms with van der Waals surface area (Å²) < 4.78 is 7.63. The van der Waals surface area contributed by atoms with E-state index in [9.17, 15) is 15.0 Å². The van der Waals surface area contributed by atoms with Gasteiger partial charge in [0.2, 0.25) is 5.91 Å². The first-order chi connectivity index (χ1) is 14.2. The number of benzene rings is 2. The summed E-state index contributed by atoms with van der Waals surface area (Å²) >= 11 is 0. The molecule has 0 saturated carbocycles. The molecule has 4 rings (SSSR count). The van der Waals surface area contributed by atoms with E-state index in [2.05, 4.69) is 4.57 Å². The van der Waals surface area contributed by atoms with Crippen molar-refractivity contribution in [1.29, 1.82) is 0 Å². The molecular formula is C22H25N3O4. The molecule has 2 N–H and O–H groups in total. The summed E-state index contributed by atoms with van der Waals surface area (Å²) in [5.41, 5.74) is 2.91. The summed E-state index contributed by atoms with van der Waals surface area (Å²) in [6.45, 7) is 0.316. The predicted molar refractivity (Wildman–Crippen MR) is 109 cm³/mol. The average molecular weight is 395 g/mol. The summed E-state index contributed by atoms with van der Waals surface area (Å²) in [7, 11) is 0. The van der Waals surface area contributed by atoms with Crippen LogP contribution < -0.4 is 0 Å². The second kappa shape index (κ2) is 8.73. The van der Waals surface area contributed by atoms with Gasteiger partial charge in [-0.1, -0.05) is 30.3 Å². The number of aryl methyl sites for hydroxylation is 1. The van der Waals surface area contributed by atoms with Crippen LogP contribution in [-0.2, 0) is 16.0 Å². The Labute approximate surface area is 169 Å². The van der Waals surface area contributed by atoms with Crippen LogP contribution in [-0.4, -0.2) is 69.1 Å². The third-order valence-electron chi connectivity index (χ3n) is 5.20. The first kappa shape index (κ1) is 19.6. The fourth-order valence-corrected chi connectivity index (χ4v) is 3.82. The van der Waals surface area contributed by atoms with Crippen LogP contribution in [0.5, 0.6) is 0 Å². The highest BCUT2D eigenvalue weighted by Crippen LogP contribution is 2.23. The number of nitrogens with zero attached hydrogens (tertiary/aromatic N) is 3. The molecular weight excluding hydrogens is 370 g/mol. The lowest BCUT2D eigenvalue weighted by atomic mass is 10.1. The van der Waals surface area contributed by atoms with E-state index in [0.29, 0.717) is 25.9 Å². The van der Waals surface area contributed by atoms with Crippen molar-refractivity contribution in [3.05, 3.63) is 60.4 Å². The van der Waals surface area contributed by atoms with E-state index >= 15 is 0 Å². The Bertz CT molecular complexity index is 961. The monoisotopic (exact) mass is 395 g/mol. The lowest BCUT2D eigenvalue weighted by Crippen LogP contribution is -2.52. The number of ether oxygens (including phenoxy) is 1. The van der Waals surface area contributed by atoms with Gasteiger partial charge in [-0.25, -0.2) is 4.98 Å². The molecule has 0 unspecified atom stereocenters. The van der Waals surface area contributed by atoms with Gasteiger partial charge in [-0.05, 0) is 24.3 Å². The summed E-state index contributed by atoms with van der Waals surface area (Å²) in [4.78, 5) is 19.3. The standard InChI is InChI=1S/C22H25N3O4/c26-14-17-12-24(13-18(15-27)29-17)22(28)11-10-21-23-19-8-4-5-9-20(19)25(21)16-6-2-1-3-7-16/h1-9,17-18,26-27H,10-15H2/t17-,18+. The molecule has 29 heavy (non-hydrogen) atoms. The number of para-hydroxylation sites is 3. The number of rotatable bonds is 6. The van der Waals surface area contributed by atoms with Crippen molar-refractivity contribution in [2.24, 2.45) is 0 Å². The number of imidazole rings is 1. The third-order valence-corrected chi connectivity index (χ3v) is 5.20. The van der Waals surface area contributed by atoms with Gasteiger partial charge in [-0.15, -0.1) is 0 Å². The smallest absolute Gasteiger partial charge is 0.223 e. The summed E-state index contributed by atoms with van der Waals surface area (Å²) in [6, 6.07) is 17.9. The Morgan fingerprint density at radius 3 is 2.34 bits per heavy atom. The number of aliphatic hydroxyl groups is 2. The van der Waals surface area contributed by atoms with Crippen LogP contribution in [0.15, 0.2) is 54.6 Å². The largest absolute Gasteiger partial charge is 0.394 e. The minimum Gasteiger partial charge on any atom is -0.394 e. The summed E-state index contributed by atoms with van der Waals surface area (Å²) in [5, 5.41) is 18.8. The van der Waals surface area contributed by atoms with E-state index in [0.717, 1.165) is 22.5 Å². The minimum atomic E-state index is -0.459. The lowest BCUT2D eigenvalue weighted by Gasteiger charge is -2.36. The first-order valence-electron chi connectivity index (χ1n) is 9.86. The molecule has 0 aliphatic carbocycles. The molecule has 7 nitrogen and oxygen atoms in total. The van der Waals surface area contributed by atoms with E-state index in [1.54, 1.807) is 4.90 Å². The zero-order valence-corrected chi connectivity index (χ0v) is 16.1. The summed E-state index contributed by atoms with van der Waals surface area (Å²) in [6.07, 6.45) is -0.128. The predicted octanol–water partition coefficient (Wildman–Crippen LogP) is 1.54. The van der Waals surface area contributed by atoms with Crippen LogP contribution in [0.4, 0.5) is 0 Å². The molecule has 7 heteroatoms. The second-order valence-corrected chi connectivity index (χ2v) is 7.23. The number of hydrogen-bond acceptors (Lipinski definition) is 5. The number of carbonyl (C=O) groups is 1. The minimum absolute atomic E-state index is 0.0307. The Hall–Kier alpha value is -2.74. The molecule has 1 saturated heterocycles. The van der Waals surface area contributed by atoms with Crippen LogP contribution in [0, 0.1) is 0 Å². The fraction of sp³-hybridized carbons (Fsp3) is 0.364. The van der Waals surface area contributed by atoms with Gasteiger partial charge < -0.3 is 19.8 Å². The third kappa shape index (κ3) is 4.17. The van der Waals surface area contributed by atoms with Crippen molar-refractivity contribution in [2.45, 2.75) is 25.0 Å². The van der Waals surface area contributed by atoms with Gasteiger partial charge in [0.15, 0.2) is 0 Å². The quantitative estimate of drug-likeness (QED) is 0.661. The van der Waals surface area contributed by atoms with Crippen LogP contribution in [0.1, 0.15) is 12.2 Å². The zero-order valence-electron chi connectivity index (χ0n) is 16.1. The second-order valence-electron chi connectivity index (χ2n) is 7.23. The van der Waals surface area contributed by atoms with Crippen LogP contribution >= 0.6 is 0 Å². The van der Waals surface area contributed by atoms with Crippen LogP contribution in [0.25, 0.3) is 16.7 Å². The van der Waals surface area contributed by atoms with Crippen LogP contribution in [0.2, 0.25) is 0 Å². The molecule has 0 bridgehead atoms. The normalized spacial score (nSPS) is 19.6. The number of fused-ring (bicyclic) bond motifs is 1. The number of amides is 1. The van der Waals surface area contributed by atoms with E-state index in [1.165, 1.54) is 0 Å². The first-order valence-corrected chi connectivity index (χ1v) is 9.86. The molecule has 1 aliphatic heterocycles. The number of hydrogen-bond donors (Lipinski definition) is 2. The van der Waals surface area contributed by atoms with Crippen molar-refractivity contribution >= 4 is 16.9 Å². The molecule has 1 amide bonds. The number of carbonyl (C=O) groups excluding carboxylic acids is 1. The van der Waals surface area contributed by atoms with Crippen molar-refractivity contribution in [3.8, 4) is 5.69 Å². The fourth-order valence-electron chi connectivity index (χ4n) is 3.82. The average Bonchev–Trinajstić information content (AvgIpc) is 3.16. The van der Waals surface area contributed by atoms with Gasteiger partial charge in [0.25, 0.3) is 0 Å². The highest BCUT2D eigenvalue weighted by Gasteiger charge is 2.29. The van der Waals surface area contributed by atoms with E-state index in [4.69, 9.17) is 9.72 Å². The van der Waals surface area contributed by atoms with Crippen molar-refractivity contribution < 1.29 is 19.7 Å². The number of aliphatic hydroxyl groups excluding tert-OH is 2. The summed E-state index contributed by atoms with van der Waals surface area (Å²) in [5.74, 6) is 0.799. The van der Waals surface area contributed by atoms with Crippen molar-refractivity contribution in [3.63, 3.8) is 0 Å². The highest BCUT2D eigenvalue weighted by atomic mass is 16.5. The van der Waals surface area contributed by atoms with Crippen molar-refractivity contribution in [1.82, 2.24) is 14.5 Å². The lowest BCUT2D eigenvalue weighted by molar-refractivity contribution is -0.152. The molecule has 1 fully saturated rings. The van der Waals surface area contributed by atoms with E-state index in [-0.39, 0.29) is 19.1 Å². The van der Waals surface area contributed by atoms with Crippen LogP contribution in [0.3, 0.4) is 0 Å². The maximum atomic E-state index is 12.8. The molecule has 152 valence electrons. The maximum Gasteiger partial charge on any atom is 0.223 e.